The van der Waals surface area contributed by atoms with E-state index in [0.29, 0.717) is 23.0 Å². The molecule has 2 rings (SSSR count). The zero-order chi connectivity index (χ0) is 13.1. The summed E-state index contributed by atoms with van der Waals surface area (Å²) in [5, 5.41) is 3.08. The Kier molecular flexibility index (Phi) is 5.86. The van der Waals surface area contributed by atoms with Gasteiger partial charge >= 0.3 is 0 Å². The van der Waals surface area contributed by atoms with Crippen LogP contribution in [-0.4, -0.2) is 35.4 Å². The van der Waals surface area contributed by atoms with Crippen molar-refractivity contribution in [3.63, 3.8) is 0 Å². The molecule has 1 aromatic heterocycles. The van der Waals surface area contributed by atoms with Gasteiger partial charge in [-0.15, -0.1) is 12.4 Å². The van der Waals surface area contributed by atoms with Crippen molar-refractivity contribution in [1.82, 2.24) is 4.98 Å². The number of halogens is 1. The van der Waals surface area contributed by atoms with E-state index in [1.807, 2.05) is 0 Å². The number of thiazole rings is 1. The van der Waals surface area contributed by atoms with Crippen LogP contribution in [0.3, 0.4) is 0 Å². The van der Waals surface area contributed by atoms with Gasteiger partial charge in [-0.3, -0.25) is 14.9 Å². The van der Waals surface area contributed by atoms with Crippen LogP contribution in [0.25, 0.3) is 0 Å². The topological polar surface area (TPSA) is 94.3 Å². The molecule has 1 aliphatic rings. The van der Waals surface area contributed by atoms with Crippen molar-refractivity contribution >= 4 is 40.6 Å². The maximum Gasteiger partial charge on any atom is 0.255 e. The van der Waals surface area contributed by atoms with Gasteiger partial charge in [-0.1, -0.05) is 11.3 Å². The molecule has 1 aliphatic heterocycles. The lowest BCUT2D eigenvalue weighted by Crippen LogP contribution is -2.29. The molecular weight excluding hydrogens is 290 g/mol. The summed E-state index contributed by atoms with van der Waals surface area (Å²) in [5.74, 6) is -0.288. The fraction of sp³-hybridized carbons (Fsp3) is 0.545. The van der Waals surface area contributed by atoms with E-state index in [-0.39, 0.29) is 30.2 Å². The molecule has 0 aromatic carbocycles. The lowest BCUT2D eigenvalue weighted by molar-refractivity contribution is -0.126. The third-order valence-corrected chi connectivity index (χ3v) is 3.76. The molecule has 0 spiro atoms. The molecule has 6 nitrogen and oxygen atoms in total. The predicted octanol–water partition coefficient (Wildman–Crippen LogP) is 1.21. The Hall–Kier alpha value is -1.02. The molecule has 8 heteroatoms. The molecule has 19 heavy (non-hydrogen) atoms. The molecular formula is C11H16ClN3O3S. The van der Waals surface area contributed by atoms with E-state index in [1.54, 1.807) is 0 Å². The Morgan fingerprint density at radius 2 is 2.32 bits per heavy atom. The van der Waals surface area contributed by atoms with Crippen LogP contribution in [-0.2, 0) is 9.53 Å². The summed E-state index contributed by atoms with van der Waals surface area (Å²) >= 11 is 1.16. The van der Waals surface area contributed by atoms with Gasteiger partial charge in [-0.2, -0.15) is 0 Å². The van der Waals surface area contributed by atoms with Crippen molar-refractivity contribution in [2.45, 2.75) is 32.0 Å². The van der Waals surface area contributed by atoms with Crippen molar-refractivity contribution in [3.05, 3.63) is 11.1 Å². The van der Waals surface area contributed by atoms with E-state index in [9.17, 15) is 9.59 Å². The van der Waals surface area contributed by atoms with E-state index in [0.717, 1.165) is 17.8 Å². The number of nitrogens with zero attached hydrogens (tertiary/aromatic N) is 1. The van der Waals surface area contributed by atoms with Crippen molar-refractivity contribution in [1.29, 1.82) is 0 Å². The first-order valence-electron chi connectivity index (χ1n) is 5.73. The molecule has 2 atom stereocenters. The fourth-order valence-electron chi connectivity index (χ4n) is 1.75. The van der Waals surface area contributed by atoms with Crippen LogP contribution in [0.4, 0.5) is 5.13 Å². The third kappa shape index (κ3) is 3.97. The molecule has 0 aliphatic carbocycles. The molecule has 0 unspecified atom stereocenters. The van der Waals surface area contributed by atoms with E-state index in [2.05, 4.69) is 10.3 Å². The van der Waals surface area contributed by atoms with Crippen LogP contribution in [0.5, 0.6) is 0 Å². The van der Waals surface area contributed by atoms with Gasteiger partial charge in [0.25, 0.3) is 5.91 Å². The van der Waals surface area contributed by atoms with E-state index in [1.165, 1.54) is 13.1 Å². The lowest BCUT2D eigenvalue weighted by atomic mass is 10.2. The van der Waals surface area contributed by atoms with Crippen LogP contribution < -0.4 is 11.1 Å². The predicted molar refractivity (Wildman–Crippen MR) is 74.9 cm³/mol. The van der Waals surface area contributed by atoms with Crippen LogP contribution in [0, 0.1) is 0 Å². The minimum atomic E-state index is -0.469. The van der Waals surface area contributed by atoms with Crippen LogP contribution >= 0.6 is 23.7 Å². The van der Waals surface area contributed by atoms with Gasteiger partial charge in [0.05, 0.1) is 17.2 Å². The number of aromatic nitrogens is 1. The Labute approximate surface area is 121 Å². The van der Waals surface area contributed by atoms with E-state index >= 15 is 0 Å². The number of rotatable bonds is 4. The molecule has 106 valence electrons. The maximum absolute atomic E-state index is 11.9. The second-order valence-electron chi connectivity index (χ2n) is 4.13. The number of nitrogens with two attached hydrogens (primary N) is 1. The third-order valence-electron chi connectivity index (χ3n) is 2.75. The Morgan fingerprint density at radius 3 is 2.84 bits per heavy atom. The first kappa shape index (κ1) is 16.0. The van der Waals surface area contributed by atoms with Gasteiger partial charge in [0, 0.05) is 13.5 Å². The molecule has 0 saturated carbocycles. The highest BCUT2D eigenvalue weighted by Crippen LogP contribution is 2.22. The summed E-state index contributed by atoms with van der Waals surface area (Å²) in [6, 6.07) is 0. The second kappa shape index (κ2) is 6.95. The Morgan fingerprint density at radius 1 is 1.58 bits per heavy atom. The minimum absolute atomic E-state index is 0. The summed E-state index contributed by atoms with van der Waals surface area (Å²) in [7, 11) is 0. The maximum atomic E-state index is 11.9. The van der Waals surface area contributed by atoms with Gasteiger partial charge in [0.2, 0.25) is 0 Å². The number of anilines is 1. The smallest absolute Gasteiger partial charge is 0.255 e. The number of ether oxygens (including phenoxy) is 1. The zero-order valence-electron chi connectivity index (χ0n) is 10.4. The van der Waals surface area contributed by atoms with E-state index < -0.39 is 6.10 Å². The number of hydrogen-bond acceptors (Lipinski definition) is 6. The van der Waals surface area contributed by atoms with Gasteiger partial charge in [-0.25, -0.2) is 4.98 Å². The molecule has 1 fully saturated rings. The number of carbonyl (C=O) groups is 2. The van der Waals surface area contributed by atoms with Crippen molar-refractivity contribution in [3.8, 4) is 0 Å². The molecule has 0 bridgehead atoms. The molecule has 1 saturated heterocycles. The van der Waals surface area contributed by atoms with Gasteiger partial charge < -0.3 is 10.5 Å². The molecule has 3 N–H and O–H groups in total. The number of nitrogens with one attached hydrogen (secondary N) is 1. The summed E-state index contributed by atoms with van der Waals surface area (Å²) < 4.78 is 5.47. The Bertz CT molecular complexity index is 466. The highest BCUT2D eigenvalue weighted by atomic mass is 35.5. The Balaban J connectivity index is 0.00000180. The molecule has 1 amide bonds. The van der Waals surface area contributed by atoms with Gasteiger partial charge in [0.15, 0.2) is 10.9 Å². The summed E-state index contributed by atoms with van der Waals surface area (Å²) in [5.41, 5.74) is 5.48. The van der Waals surface area contributed by atoms with Gasteiger partial charge in [-0.05, 0) is 12.8 Å². The van der Waals surface area contributed by atoms with Crippen molar-refractivity contribution < 1.29 is 14.3 Å². The SMILES string of the molecule is CC(=O)c1cnc(NC(=O)[C@@H]2CC[C@H](CN)O2)s1.Cl. The largest absolute Gasteiger partial charge is 0.364 e. The first-order valence-corrected chi connectivity index (χ1v) is 6.55. The summed E-state index contributed by atoms with van der Waals surface area (Å²) in [6.07, 6.45) is 2.41. The monoisotopic (exact) mass is 305 g/mol. The van der Waals surface area contributed by atoms with Crippen LogP contribution in [0.2, 0.25) is 0 Å². The normalized spacial score (nSPS) is 21.8. The quantitative estimate of drug-likeness (QED) is 0.815. The van der Waals surface area contributed by atoms with E-state index in [4.69, 9.17) is 10.5 Å². The molecule has 2 heterocycles. The van der Waals surface area contributed by atoms with Crippen LogP contribution in [0.15, 0.2) is 6.20 Å². The second-order valence-corrected chi connectivity index (χ2v) is 5.17. The van der Waals surface area contributed by atoms with Gasteiger partial charge in [0.1, 0.15) is 6.10 Å². The lowest BCUT2D eigenvalue weighted by Gasteiger charge is -2.11. The summed E-state index contributed by atoms with van der Waals surface area (Å²) in [4.78, 5) is 27.5. The zero-order valence-corrected chi connectivity index (χ0v) is 12.1. The summed E-state index contributed by atoms with van der Waals surface area (Å²) in [6.45, 7) is 1.89. The average Bonchev–Trinajstić information content (AvgIpc) is 2.96. The number of Topliss-reactive ketones (excluding diaryl/α,β-unsaturated/α-hetero) is 1. The molecule has 1 aromatic rings. The number of carbonyl (C=O) groups excluding carboxylic acids is 2. The highest BCUT2D eigenvalue weighted by Gasteiger charge is 2.30. The number of hydrogen-bond donors (Lipinski definition) is 2. The van der Waals surface area contributed by atoms with Crippen molar-refractivity contribution in [2.75, 3.05) is 11.9 Å². The van der Waals surface area contributed by atoms with Crippen LogP contribution in [0.1, 0.15) is 29.4 Å². The number of amides is 1. The highest BCUT2D eigenvalue weighted by molar-refractivity contribution is 7.17. The minimum Gasteiger partial charge on any atom is -0.364 e. The standard InChI is InChI=1S/C11H15N3O3S.ClH/c1-6(15)9-5-13-11(18-9)14-10(16)8-3-2-7(4-12)17-8;/h5,7-8H,2-4,12H2,1H3,(H,13,14,16);1H/t7-,8+;/m1./s1. The van der Waals surface area contributed by atoms with Crippen molar-refractivity contribution in [2.24, 2.45) is 5.73 Å². The molecule has 0 radical (unpaired) electrons. The average molecular weight is 306 g/mol. The fourth-order valence-corrected chi connectivity index (χ4v) is 2.47. The first-order chi connectivity index (χ1) is 8.60. The number of ketones is 1.